The van der Waals surface area contributed by atoms with Gasteiger partial charge in [-0.3, -0.25) is 4.79 Å². The number of aryl methyl sites for hydroxylation is 2. The Kier molecular flexibility index (Phi) is 5.65. The number of ether oxygens (including phenoxy) is 1. The summed E-state index contributed by atoms with van der Waals surface area (Å²) < 4.78 is 9.19. The number of aromatic nitrogens is 5. The number of nitrogens with zero attached hydrogens (tertiary/aromatic N) is 5. The molecular weight excluding hydrogens is 482 g/mol. The van der Waals surface area contributed by atoms with E-state index in [1.165, 1.54) is 15.9 Å². The Balaban J connectivity index is 1.51. The van der Waals surface area contributed by atoms with Crippen LogP contribution in [0, 0.1) is 13.8 Å². The highest BCUT2D eigenvalue weighted by atomic mass is 32.1. The van der Waals surface area contributed by atoms with Gasteiger partial charge in [-0.25, -0.2) is 4.68 Å². The van der Waals surface area contributed by atoms with Crippen LogP contribution in [-0.4, -0.2) is 31.5 Å². The van der Waals surface area contributed by atoms with E-state index in [4.69, 9.17) is 9.84 Å². The van der Waals surface area contributed by atoms with Crippen LogP contribution in [0.25, 0.3) is 39.4 Å². The van der Waals surface area contributed by atoms with Gasteiger partial charge in [0.1, 0.15) is 11.4 Å². The average Bonchev–Trinajstić information content (AvgIpc) is 3.61. The maximum absolute atomic E-state index is 13.4. The van der Waals surface area contributed by atoms with E-state index in [9.17, 15) is 4.79 Å². The minimum absolute atomic E-state index is 0.215. The fraction of sp³-hybridized carbons (Fsp3) is 0.103. The van der Waals surface area contributed by atoms with Crippen LogP contribution < -0.4 is 14.8 Å². The van der Waals surface area contributed by atoms with Crippen molar-refractivity contribution in [1.82, 2.24) is 24.4 Å². The number of benzene rings is 3. The molecule has 6 rings (SSSR count). The third kappa shape index (κ3) is 4.11. The number of rotatable bonds is 5. The zero-order chi connectivity index (χ0) is 25.5. The predicted octanol–water partition coefficient (Wildman–Crippen LogP) is 4.84. The van der Waals surface area contributed by atoms with E-state index in [1.54, 1.807) is 7.11 Å². The van der Waals surface area contributed by atoms with Crippen molar-refractivity contribution in [2.45, 2.75) is 13.8 Å². The van der Waals surface area contributed by atoms with Crippen molar-refractivity contribution in [2.24, 2.45) is 0 Å². The first kappa shape index (κ1) is 22.9. The number of para-hydroxylation sites is 2. The molecule has 0 atom stereocenters. The smallest absolute Gasteiger partial charge is 0.291 e. The minimum Gasteiger partial charge on any atom is -0.496 e. The number of hydrogen-bond acceptors (Lipinski definition) is 6. The van der Waals surface area contributed by atoms with Crippen molar-refractivity contribution in [1.29, 1.82) is 0 Å². The first-order valence-electron chi connectivity index (χ1n) is 11.8. The molecule has 3 aromatic carbocycles. The van der Waals surface area contributed by atoms with E-state index in [0.29, 0.717) is 21.1 Å². The van der Waals surface area contributed by atoms with Crippen LogP contribution in [0.15, 0.2) is 83.8 Å². The maximum atomic E-state index is 13.4. The molecule has 0 fully saturated rings. The lowest BCUT2D eigenvalue weighted by Gasteiger charge is -2.05. The lowest BCUT2D eigenvalue weighted by Crippen LogP contribution is -2.23. The van der Waals surface area contributed by atoms with E-state index in [2.05, 4.69) is 42.1 Å². The van der Waals surface area contributed by atoms with Crippen LogP contribution in [0.3, 0.4) is 0 Å². The Hall–Kier alpha value is -4.56. The largest absolute Gasteiger partial charge is 0.496 e. The lowest BCUT2D eigenvalue weighted by atomic mass is 10.0. The first-order chi connectivity index (χ1) is 18.0. The summed E-state index contributed by atoms with van der Waals surface area (Å²) in [5.41, 5.74) is 6.44. The SMILES string of the molecule is COc1ccccc1-c1nc2sc(=Cc3cn(-c4ccccc4)nc3-c3cc(C)ccc3C)c(=O)n2n1. The molecule has 0 aliphatic carbocycles. The Morgan fingerprint density at radius 3 is 2.49 bits per heavy atom. The van der Waals surface area contributed by atoms with Crippen LogP contribution in [0.4, 0.5) is 0 Å². The maximum Gasteiger partial charge on any atom is 0.291 e. The highest BCUT2D eigenvalue weighted by molar-refractivity contribution is 7.15. The van der Waals surface area contributed by atoms with Gasteiger partial charge in [0, 0.05) is 17.3 Å². The Morgan fingerprint density at radius 2 is 1.70 bits per heavy atom. The summed E-state index contributed by atoms with van der Waals surface area (Å²) in [4.78, 5) is 18.5. The molecule has 0 saturated carbocycles. The summed E-state index contributed by atoms with van der Waals surface area (Å²) in [5, 5.41) is 9.42. The third-order valence-electron chi connectivity index (χ3n) is 6.23. The average molecular weight is 506 g/mol. The molecule has 8 heteroatoms. The van der Waals surface area contributed by atoms with E-state index in [-0.39, 0.29) is 5.56 Å². The summed E-state index contributed by atoms with van der Waals surface area (Å²) in [5.74, 6) is 1.12. The van der Waals surface area contributed by atoms with Gasteiger partial charge in [-0.1, -0.05) is 59.4 Å². The van der Waals surface area contributed by atoms with Crippen molar-refractivity contribution in [3.8, 4) is 34.1 Å². The molecule has 0 bridgehead atoms. The van der Waals surface area contributed by atoms with Gasteiger partial charge >= 0.3 is 0 Å². The summed E-state index contributed by atoms with van der Waals surface area (Å²) in [7, 11) is 1.60. The Morgan fingerprint density at radius 1 is 0.919 bits per heavy atom. The highest BCUT2D eigenvalue weighted by Crippen LogP contribution is 2.29. The van der Waals surface area contributed by atoms with Gasteiger partial charge in [-0.05, 0) is 55.8 Å². The van der Waals surface area contributed by atoms with E-state index < -0.39 is 0 Å². The molecular formula is C29H23N5O2S. The standard InChI is InChI=1S/C29H23N5O2S/c1-18-13-14-19(2)23(15-18)26-20(17-33(31-26)21-9-5-4-6-10-21)16-25-28(35)34-29(37-25)30-27(32-34)22-11-7-8-12-24(22)36-3/h4-17H,1-3H3. The summed E-state index contributed by atoms with van der Waals surface area (Å²) in [6, 6.07) is 23.8. The van der Waals surface area contributed by atoms with Gasteiger partial charge in [0.25, 0.3) is 5.56 Å². The monoisotopic (exact) mass is 505 g/mol. The van der Waals surface area contributed by atoms with Crippen LogP contribution in [0.2, 0.25) is 0 Å². The molecule has 0 spiro atoms. The second kappa shape index (κ2) is 9.15. The van der Waals surface area contributed by atoms with Crippen LogP contribution in [-0.2, 0) is 0 Å². The molecule has 182 valence electrons. The van der Waals surface area contributed by atoms with Gasteiger partial charge < -0.3 is 4.74 Å². The highest BCUT2D eigenvalue weighted by Gasteiger charge is 2.17. The second-order valence-corrected chi connectivity index (χ2v) is 9.79. The summed E-state index contributed by atoms with van der Waals surface area (Å²) in [6.45, 7) is 4.14. The molecule has 0 N–H and O–H groups in total. The second-order valence-electron chi connectivity index (χ2n) is 8.78. The first-order valence-corrected chi connectivity index (χ1v) is 12.6. The van der Waals surface area contributed by atoms with Crippen LogP contribution in [0.5, 0.6) is 5.75 Å². The summed E-state index contributed by atoms with van der Waals surface area (Å²) >= 11 is 1.31. The lowest BCUT2D eigenvalue weighted by molar-refractivity contribution is 0.416. The molecule has 37 heavy (non-hydrogen) atoms. The van der Waals surface area contributed by atoms with Crippen LogP contribution in [0.1, 0.15) is 16.7 Å². The van der Waals surface area contributed by atoms with Gasteiger partial charge in [0.05, 0.1) is 22.9 Å². The van der Waals surface area contributed by atoms with Gasteiger partial charge in [0.2, 0.25) is 4.96 Å². The normalized spacial score (nSPS) is 11.9. The molecule has 0 aliphatic rings. The molecule has 3 aromatic heterocycles. The van der Waals surface area contributed by atoms with Crippen LogP contribution >= 0.6 is 11.3 Å². The van der Waals surface area contributed by atoms with E-state index in [1.807, 2.05) is 71.6 Å². The Bertz CT molecular complexity index is 1870. The zero-order valence-electron chi connectivity index (χ0n) is 20.5. The molecule has 0 radical (unpaired) electrons. The number of fused-ring (bicyclic) bond motifs is 1. The van der Waals surface area contributed by atoms with Gasteiger partial charge in [-0.2, -0.15) is 14.6 Å². The molecule has 0 amide bonds. The topological polar surface area (TPSA) is 74.3 Å². The molecule has 3 heterocycles. The van der Waals surface area contributed by atoms with Crippen molar-refractivity contribution < 1.29 is 4.74 Å². The van der Waals surface area contributed by atoms with Gasteiger partial charge in [-0.15, -0.1) is 5.10 Å². The van der Waals surface area contributed by atoms with Crippen molar-refractivity contribution in [3.63, 3.8) is 0 Å². The quantitative estimate of drug-likeness (QED) is 0.335. The van der Waals surface area contributed by atoms with Gasteiger partial charge in [0.15, 0.2) is 5.82 Å². The van der Waals surface area contributed by atoms with E-state index >= 15 is 0 Å². The predicted molar refractivity (Wildman–Crippen MR) is 146 cm³/mol. The van der Waals surface area contributed by atoms with Crippen molar-refractivity contribution in [2.75, 3.05) is 7.11 Å². The third-order valence-corrected chi connectivity index (χ3v) is 7.19. The zero-order valence-corrected chi connectivity index (χ0v) is 21.4. The molecule has 0 saturated heterocycles. The molecule has 7 nitrogen and oxygen atoms in total. The Labute approximate surface area is 216 Å². The minimum atomic E-state index is -0.215. The fourth-order valence-electron chi connectivity index (χ4n) is 4.32. The summed E-state index contributed by atoms with van der Waals surface area (Å²) in [6.07, 6.45) is 3.84. The number of hydrogen-bond donors (Lipinski definition) is 0. The van der Waals surface area contributed by atoms with Crippen molar-refractivity contribution in [3.05, 3.63) is 111 Å². The number of methoxy groups -OCH3 is 1. The molecule has 6 aromatic rings. The van der Waals surface area contributed by atoms with E-state index in [0.717, 1.165) is 39.2 Å². The molecule has 0 aliphatic heterocycles. The number of thiazole rings is 1. The molecule has 0 unspecified atom stereocenters. The van der Waals surface area contributed by atoms with Crippen molar-refractivity contribution >= 4 is 22.4 Å². The fourth-order valence-corrected chi connectivity index (χ4v) is 5.22.